The van der Waals surface area contributed by atoms with Crippen LogP contribution in [0.3, 0.4) is 0 Å². The average molecular weight is 706 g/mol. The van der Waals surface area contributed by atoms with Gasteiger partial charge in [0.1, 0.15) is 11.9 Å². The zero-order chi connectivity index (χ0) is 35.3. The average Bonchev–Trinajstić information content (AvgIpc) is 3.07. The lowest BCUT2D eigenvalue weighted by Crippen LogP contribution is -2.49. The van der Waals surface area contributed by atoms with Crippen LogP contribution in [0.4, 0.5) is 17.1 Å². The second-order valence-electron chi connectivity index (χ2n) is 12.3. The molecule has 0 aromatic heterocycles. The number of nitrogen functional groups attached to an aromatic ring is 1. The Kier molecular flexibility index (Phi) is 11.1. The van der Waals surface area contributed by atoms with Gasteiger partial charge in [-0.1, -0.05) is 42.8 Å². The molecule has 258 valence electrons. The van der Waals surface area contributed by atoms with Crippen LogP contribution >= 0.6 is 11.6 Å². The number of anilines is 3. The number of hydrogen-bond acceptors (Lipinski definition) is 8. The number of para-hydroxylation sites is 2. The SMILES string of the molecule is C[C@@H]1CN([C@H](C)CO)C(=O)c2cc(NS(=O)(=O)c3ccc(Cl)cc3)ccc2O[C@H]1CN(C)Cc1ccc(C(=O)Nc2ccccc2N)cc1. The van der Waals surface area contributed by atoms with Crippen LogP contribution in [0.1, 0.15) is 40.1 Å². The Morgan fingerprint density at radius 3 is 2.45 bits per heavy atom. The minimum atomic E-state index is -3.96. The highest BCUT2D eigenvalue weighted by atomic mass is 35.5. The summed E-state index contributed by atoms with van der Waals surface area (Å²) in [6.45, 7) is 4.89. The molecule has 11 nitrogen and oxygen atoms in total. The smallest absolute Gasteiger partial charge is 0.261 e. The molecule has 0 aliphatic carbocycles. The molecule has 0 saturated heterocycles. The number of likely N-dealkylation sites (N-methyl/N-ethyl adjacent to an activating group) is 1. The summed E-state index contributed by atoms with van der Waals surface area (Å²) in [7, 11) is -2.00. The zero-order valence-corrected chi connectivity index (χ0v) is 29.0. The van der Waals surface area contributed by atoms with Crippen molar-refractivity contribution in [3.63, 3.8) is 0 Å². The molecule has 13 heteroatoms. The minimum absolute atomic E-state index is 0.0222. The highest BCUT2D eigenvalue weighted by molar-refractivity contribution is 7.92. The van der Waals surface area contributed by atoms with Crippen molar-refractivity contribution < 1.29 is 27.9 Å². The molecule has 0 radical (unpaired) electrons. The fraction of sp³-hybridized carbons (Fsp3) is 0.278. The summed E-state index contributed by atoms with van der Waals surface area (Å²) in [5.41, 5.74) is 8.85. The molecular weight excluding hydrogens is 666 g/mol. The number of nitrogens with one attached hydrogen (secondary N) is 2. The second kappa shape index (κ2) is 15.3. The minimum Gasteiger partial charge on any atom is -0.488 e. The summed E-state index contributed by atoms with van der Waals surface area (Å²) in [6.07, 6.45) is -0.358. The van der Waals surface area contributed by atoms with E-state index in [1.807, 2.05) is 26.1 Å². The van der Waals surface area contributed by atoms with Crippen molar-refractivity contribution in [3.8, 4) is 5.75 Å². The van der Waals surface area contributed by atoms with Crippen molar-refractivity contribution >= 4 is 50.5 Å². The largest absolute Gasteiger partial charge is 0.488 e. The molecule has 0 bridgehead atoms. The van der Waals surface area contributed by atoms with Gasteiger partial charge in [-0.05, 0) is 86.3 Å². The van der Waals surface area contributed by atoms with Gasteiger partial charge < -0.3 is 25.8 Å². The Morgan fingerprint density at radius 2 is 1.78 bits per heavy atom. The Morgan fingerprint density at radius 1 is 1.08 bits per heavy atom. The van der Waals surface area contributed by atoms with E-state index in [1.54, 1.807) is 60.4 Å². The Balaban J connectivity index is 1.32. The van der Waals surface area contributed by atoms with Gasteiger partial charge in [-0.3, -0.25) is 19.2 Å². The maximum absolute atomic E-state index is 13.8. The van der Waals surface area contributed by atoms with Crippen molar-refractivity contribution in [1.29, 1.82) is 0 Å². The number of rotatable bonds is 11. The summed E-state index contributed by atoms with van der Waals surface area (Å²) < 4.78 is 35.2. The number of ether oxygens (including phenoxy) is 1. The summed E-state index contributed by atoms with van der Waals surface area (Å²) >= 11 is 5.93. The molecule has 0 unspecified atom stereocenters. The van der Waals surface area contributed by atoms with E-state index in [0.29, 0.717) is 47.3 Å². The number of benzene rings is 4. The van der Waals surface area contributed by atoms with Gasteiger partial charge >= 0.3 is 0 Å². The number of nitrogens with zero attached hydrogens (tertiary/aromatic N) is 2. The summed E-state index contributed by atoms with van der Waals surface area (Å²) in [4.78, 5) is 30.3. The summed E-state index contributed by atoms with van der Waals surface area (Å²) in [5.74, 6) is -0.436. The lowest BCUT2D eigenvalue weighted by molar-refractivity contribution is 0.0341. The van der Waals surface area contributed by atoms with Gasteiger partial charge in [0.05, 0.1) is 34.5 Å². The molecule has 3 atom stereocenters. The molecule has 5 rings (SSSR count). The molecule has 49 heavy (non-hydrogen) atoms. The Bertz CT molecular complexity index is 1910. The van der Waals surface area contributed by atoms with Crippen LogP contribution in [0.5, 0.6) is 5.75 Å². The first-order valence-electron chi connectivity index (χ1n) is 15.8. The molecule has 0 fully saturated rings. The first kappa shape index (κ1) is 35.7. The van der Waals surface area contributed by atoms with Crippen LogP contribution in [0.25, 0.3) is 0 Å². The zero-order valence-electron chi connectivity index (χ0n) is 27.5. The van der Waals surface area contributed by atoms with E-state index in [4.69, 9.17) is 22.1 Å². The predicted octanol–water partition coefficient (Wildman–Crippen LogP) is 5.33. The van der Waals surface area contributed by atoms with E-state index < -0.39 is 16.1 Å². The Labute approximate surface area is 291 Å². The highest BCUT2D eigenvalue weighted by Crippen LogP contribution is 2.32. The molecule has 0 saturated carbocycles. The van der Waals surface area contributed by atoms with Crippen LogP contribution < -0.4 is 20.5 Å². The van der Waals surface area contributed by atoms with E-state index in [0.717, 1.165) is 5.56 Å². The van der Waals surface area contributed by atoms with Gasteiger partial charge in [0.25, 0.3) is 21.8 Å². The summed E-state index contributed by atoms with van der Waals surface area (Å²) in [6, 6.07) is 24.3. The van der Waals surface area contributed by atoms with Gasteiger partial charge in [-0.15, -0.1) is 0 Å². The Hall–Kier alpha value is -4.62. The van der Waals surface area contributed by atoms with Crippen molar-refractivity contribution in [2.45, 2.75) is 37.4 Å². The number of sulfonamides is 1. The van der Waals surface area contributed by atoms with Crippen LogP contribution in [0, 0.1) is 5.92 Å². The molecule has 1 heterocycles. The van der Waals surface area contributed by atoms with E-state index >= 15 is 0 Å². The number of carbonyl (C=O) groups excluding carboxylic acids is 2. The first-order chi connectivity index (χ1) is 23.3. The van der Waals surface area contributed by atoms with Crippen LogP contribution in [0.15, 0.2) is 95.9 Å². The number of hydrogen-bond donors (Lipinski definition) is 4. The first-order valence-corrected chi connectivity index (χ1v) is 17.6. The number of amides is 2. The van der Waals surface area contributed by atoms with Crippen LogP contribution in [-0.2, 0) is 16.6 Å². The third kappa shape index (κ3) is 8.70. The van der Waals surface area contributed by atoms with Gasteiger partial charge in [0, 0.05) is 41.8 Å². The van der Waals surface area contributed by atoms with Crippen LogP contribution in [-0.4, -0.2) is 74.0 Å². The third-order valence-corrected chi connectivity index (χ3v) is 10.1. The number of nitrogens with two attached hydrogens (primary N) is 1. The maximum atomic E-state index is 13.8. The number of halogens is 1. The van der Waals surface area contributed by atoms with Gasteiger partial charge in [-0.25, -0.2) is 8.42 Å². The fourth-order valence-corrected chi connectivity index (χ4v) is 6.76. The standard InChI is InChI=1S/C36H40ClN5O6S/c1-23-19-42(24(2)22-43)36(45)30-18-28(40-49(46,47)29-15-12-27(37)13-16-29)14-17-33(30)48-34(23)21-41(3)20-25-8-10-26(11-9-25)35(44)39-32-7-5-4-6-31(32)38/h4-18,23-24,34,40,43H,19-22,38H2,1-3H3,(H,39,44)/t23-,24-,34+/m1/s1. The molecule has 1 aliphatic rings. The second-order valence-corrected chi connectivity index (χ2v) is 14.4. The monoisotopic (exact) mass is 705 g/mol. The van der Waals surface area contributed by atoms with E-state index in [-0.39, 0.29) is 46.6 Å². The van der Waals surface area contributed by atoms with Crippen molar-refractivity contribution in [3.05, 3.63) is 113 Å². The molecule has 1 aliphatic heterocycles. The molecule has 5 N–H and O–H groups in total. The van der Waals surface area contributed by atoms with E-state index in [9.17, 15) is 23.1 Å². The lowest BCUT2D eigenvalue weighted by atomic mass is 9.99. The van der Waals surface area contributed by atoms with E-state index in [2.05, 4.69) is 14.9 Å². The van der Waals surface area contributed by atoms with Gasteiger partial charge in [0.15, 0.2) is 0 Å². The molecule has 2 amide bonds. The predicted molar refractivity (Wildman–Crippen MR) is 191 cm³/mol. The third-order valence-electron chi connectivity index (χ3n) is 8.41. The quantitative estimate of drug-likeness (QED) is 0.153. The topological polar surface area (TPSA) is 154 Å². The van der Waals surface area contributed by atoms with Gasteiger partial charge in [-0.2, -0.15) is 0 Å². The number of aliphatic hydroxyl groups excluding tert-OH is 1. The van der Waals surface area contributed by atoms with Crippen molar-refractivity contribution in [2.75, 3.05) is 42.5 Å². The molecule has 4 aromatic carbocycles. The maximum Gasteiger partial charge on any atom is 0.261 e. The fourth-order valence-electron chi connectivity index (χ4n) is 5.58. The number of carbonyl (C=O) groups is 2. The van der Waals surface area contributed by atoms with Crippen molar-refractivity contribution in [1.82, 2.24) is 9.80 Å². The van der Waals surface area contributed by atoms with E-state index in [1.165, 1.54) is 30.3 Å². The molecule has 0 spiro atoms. The van der Waals surface area contributed by atoms with Crippen LogP contribution in [0.2, 0.25) is 5.02 Å². The van der Waals surface area contributed by atoms with Crippen molar-refractivity contribution in [2.24, 2.45) is 5.92 Å². The normalized spacial score (nSPS) is 17.0. The molecular formula is C36H40ClN5O6S. The van der Waals surface area contributed by atoms with Gasteiger partial charge in [0.2, 0.25) is 0 Å². The lowest BCUT2D eigenvalue weighted by Gasteiger charge is -2.38. The number of aliphatic hydroxyl groups is 1. The molecule has 4 aromatic rings. The number of fused-ring (bicyclic) bond motifs is 1. The highest BCUT2D eigenvalue weighted by Gasteiger charge is 2.34. The summed E-state index contributed by atoms with van der Waals surface area (Å²) in [5, 5.41) is 13.2.